The Morgan fingerprint density at radius 2 is 1.52 bits per heavy atom. The zero-order valence-corrected chi connectivity index (χ0v) is 13.6. The van der Waals surface area contributed by atoms with Crippen molar-refractivity contribution in [3.63, 3.8) is 0 Å². The second-order valence-corrected chi connectivity index (χ2v) is 6.17. The average molecular weight is 327 g/mol. The maximum atomic E-state index is 4.79. The Balaban J connectivity index is 1.82. The molecule has 5 rings (SSSR count). The molecule has 5 nitrogen and oxygen atoms in total. The largest absolute Gasteiger partial charge is 0.352 e. The summed E-state index contributed by atoms with van der Waals surface area (Å²) in [7, 11) is 0. The summed E-state index contributed by atoms with van der Waals surface area (Å²) in [5.74, 6) is 1.01. The minimum absolute atomic E-state index is 0.661. The molecule has 0 aliphatic carbocycles. The number of rotatable bonds is 2. The first kappa shape index (κ1) is 14.2. The second kappa shape index (κ2) is 5.41. The number of benzene rings is 1. The zero-order chi connectivity index (χ0) is 16.7. The van der Waals surface area contributed by atoms with Gasteiger partial charge in [0.2, 0.25) is 0 Å². The van der Waals surface area contributed by atoms with Gasteiger partial charge < -0.3 is 10.2 Å². The van der Waals surface area contributed by atoms with Crippen molar-refractivity contribution < 1.29 is 0 Å². The molecule has 1 aromatic carbocycles. The summed E-state index contributed by atoms with van der Waals surface area (Å²) in [5, 5.41) is 3.73. The van der Waals surface area contributed by atoms with Gasteiger partial charge in [-0.15, -0.1) is 0 Å². The lowest BCUT2D eigenvalue weighted by Crippen LogP contribution is -2.58. The highest BCUT2D eigenvalue weighted by Gasteiger charge is 2.49. The van der Waals surface area contributed by atoms with Gasteiger partial charge in [-0.3, -0.25) is 15.0 Å². The molecular formula is C20H17N5. The molecule has 0 unspecified atom stereocenters. The fraction of sp³-hybridized carbons (Fsp3) is 0.150. The number of aliphatic imine (C=N–C) groups is 1. The second-order valence-electron chi connectivity index (χ2n) is 6.17. The van der Waals surface area contributed by atoms with Crippen LogP contribution in [0, 0.1) is 0 Å². The molecule has 3 aromatic rings. The Hall–Kier alpha value is -3.21. The predicted octanol–water partition coefficient (Wildman–Crippen LogP) is 2.87. The minimum Gasteiger partial charge on any atom is -0.352 e. The third-order valence-electron chi connectivity index (χ3n) is 4.80. The van der Waals surface area contributed by atoms with Crippen molar-refractivity contribution in [2.24, 2.45) is 4.99 Å². The molecule has 25 heavy (non-hydrogen) atoms. The number of fused-ring (bicyclic) bond motifs is 3. The molecule has 0 radical (unpaired) electrons. The first-order valence-corrected chi connectivity index (χ1v) is 8.42. The summed E-state index contributed by atoms with van der Waals surface area (Å²) >= 11 is 0. The van der Waals surface area contributed by atoms with Crippen LogP contribution in [-0.2, 0) is 5.66 Å². The summed E-state index contributed by atoms with van der Waals surface area (Å²) in [4.78, 5) is 16.5. The van der Waals surface area contributed by atoms with Crippen LogP contribution in [0.1, 0.15) is 17.0 Å². The fourth-order valence-electron chi connectivity index (χ4n) is 3.74. The Kier molecular flexibility index (Phi) is 3.06. The third kappa shape index (κ3) is 1.99. The molecular weight excluding hydrogens is 310 g/mol. The number of anilines is 1. The predicted molar refractivity (Wildman–Crippen MR) is 97.4 cm³/mol. The van der Waals surface area contributed by atoms with E-state index in [1.807, 2.05) is 60.9 Å². The normalized spacial score (nSPS) is 17.3. The summed E-state index contributed by atoms with van der Waals surface area (Å²) in [5.41, 5.74) is 3.35. The van der Waals surface area contributed by atoms with E-state index in [4.69, 9.17) is 4.99 Å². The van der Waals surface area contributed by atoms with E-state index >= 15 is 0 Å². The monoisotopic (exact) mass is 327 g/mol. The maximum absolute atomic E-state index is 4.79. The van der Waals surface area contributed by atoms with Gasteiger partial charge in [-0.2, -0.15) is 0 Å². The summed E-state index contributed by atoms with van der Waals surface area (Å²) in [6.45, 7) is 1.59. The Morgan fingerprint density at radius 1 is 0.840 bits per heavy atom. The molecule has 5 heteroatoms. The fourth-order valence-corrected chi connectivity index (χ4v) is 3.74. The van der Waals surface area contributed by atoms with Crippen LogP contribution in [0.15, 0.2) is 78.0 Å². The molecule has 0 saturated carbocycles. The molecule has 0 amide bonds. The van der Waals surface area contributed by atoms with E-state index in [0.717, 1.165) is 41.6 Å². The van der Waals surface area contributed by atoms with Gasteiger partial charge in [0.1, 0.15) is 5.84 Å². The van der Waals surface area contributed by atoms with E-state index < -0.39 is 5.66 Å². The van der Waals surface area contributed by atoms with Crippen LogP contribution < -0.4 is 5.32 Å². The van der Waals surface area contributed by atoms with Crippen LogP contribution in [0.5, 0.6) is 0 Å². The molecule has 2 aromatic heterocycles. The number of hydrogen-bond acceptors (Lipinski definition) is 5. The molecule has 4 heterocycles. The summed E-state index contributed by atoms with van der Waals surface area (Å²) in [6, 6.07) is 20.3. The number of pyridine rings is 2. The van der Waals surface area contributed by atoms with Crippen LogP contribution in [0.25, 0.3) is 0 Å². The Labute approximate surface area is 146 Å². The van der Waals surface area contributed by atoms with E-state index in [1.54, 1.807) is 0 Å². The van der Waals surface area contributed by atoms with Gasteiger partial charge in [0.15, 0.2) is 5.66 Å². The number of nitrogens with one attached hydrogen (secondary N) is 1. The maximum Gasteiger partial charge on any atom is 0.199 e. The van der Waals surface area contributed by atoms with E-state index in [9.17, 15) is 0 Å². The smallest absolute Gasteiger partial charge is 0.199 e. The van der Waals surface area contributed by atoms with Crippen LogP contribution in [0.2, 0.25) is 0 Å². The first-order chi connectivity index (χ1) is 12.4. The van der Waals surface area contributed by atoms with Crippen LogP contribution in [0.3, 0.4) is 0 Å². The van der Waals surface area contributed by atoms with Crippen molar-refractivity contribution in [1.29, 1.82) is 0 Å². The lowest BCUT2D eigenvalue weighted by molar-refractivity contribution is 0.255. The number of nitrogens with zero attached hydrogens (tertiary/aromatic N) is 4. The topological polar surface area (TPSA) is 53.4 Å². The van der Waals surface area contributed by atoms with Gasteiger partial charge in [0, 0.05) is 30.2 Å². The van der Waals surface area contributed by atoms with E-state index in [2.05, 4.69) is 32.3 Å². The first-order valence-electron chi connectivity index (χ1n) is 8.42. The average Bonchev–Trinajstić information content (AvgIpc) is 3.19. The van der Waals surface area contributed by atoms with Gasteiger partial charge in [-0.1, -0.05) is 24.3 Å². The Morgan fingerprint density at radius 3 is 2.20 bits per heavy atom. The van der Waals surface area contributed by atoms with E-state index in [-0.39, 0.29) is 0 Å². The highest BCUT2D eigenvalue weighted by molar-refractivity contribution is 6.07. The number of para-hydroxylation sites is 1. The standard InChI is InChI=1S/C20H17N5/c1-2-8-16-15(7-1)19-23-13-14-25(19)20(24-16,17-9-3-5-11-21-17)18-10-4-6-12-22-18/h1-12,24H,13-14H2. The SMILES string of the molecule is c1ccc(C2(c3ccccn3)Nc3ccccc3C3=NCCN32)nc1. The van der Waals surface area contributed by atoms with Crippen molar-refractivity contribution in [2.45, 2.75) is 5.66 Å². The minimum atomic E-state index is -0.661. The van der Waals surface area contributed by atoms with Crippen molar-refractivity contribution in [1.82, 2.24) is 14.9 Å². The van der Waals surface area contributed by atoms with Crippen LogP contribution in [-0.4, -0.2) is 33.8 Å². The van der Waals surface area contributed by atoms with Crippen molar-refractivity contribution in [2.75, 3.05) is 18.4 Å². The van der Waals surface area contributed by atoms with Gasteiger partial charge in [-0.25, -0.2) is 0 Å². The lowest BCUT2D eigenvalue weighted by Gasteiger charge is -2.47. The molecule has 0 fully saturated rings. The molecule has 2 aliphatic heterocycles. The molecule has 122 valence electrons. The van der Waals surface area contributed by atoms with E-state index in [1.165, 1.54) is 0 Å². The number of hydrogen-bond donors (Lipinski definition) is 1. The van der Waals surface area contributed by atoms with Gasteiger partial charge in [0.05, 0.1) is 17.9 Å². The highest BCUT2D eigenvalue weighted by Crippen LogP contribution is 2.42. The molecule has 0 saturated heterocycles. The van der Waals surface area contributed by atoms with Gasteiger partial charge in [0.25, 0.3) is 0 Å². The van der Waals surface area contributed by atoms with Crippen molar-refractivity contribution in [3.05, 3.63) is 90.0 Å². The van der Waals surface area contributed by atoms with Crippen LogP contribution in [0.4, 0.5) is 5.69 Å². The van der Waals surface area contributed by atoms with Gasteiger partial charge in [-0.05, 0) is 36.4 Å². The quantitative estimate of drug-likeness (QED) is 0.786. The van der Waals surface area contributed by atoms with Crippen molar-refractivity contribution in [3.8, 4) is 0 Å². The summed E-state index contributed by atoms with van der Waals surface area (Å²) < 4.78 is 0. The molecule has 1 N–H and O–H groups in total. The van der Waals surface area contributed by atoms with Gasteiger partial charge >= 0.3 is 0 Å². The zero-order valence-electron chi connectivity index (χ0n) is 13.6. The summed E-state index contributed by atoms with van der Waals surface area (Å²) in [6.07, 6.45) is 3.66. The molecule has 2 aliphatic rings. The number of amidine groups is 1. The van der Waals surface area contributed by atoms with E-state index in [0.29, 0.717) is 0 Å². The molecule has 0 atom stereocenters. The molecule has 0 bridgehead atoms. The number of aromatic nitrogens is 2. The lowest BCUT2D eigenvalue weighted by atomic mass is 9.92. The van der Waals surface area contributed by atoms with Crippen molar-refractivity contribution >= 4 is 11.5 Å². The third-order valence-corrected chi connectivity index (χ3v) is 4.80. The Bertz CT molecular complexity index is 897. The molecule has 0 spiro atoms. The highest BCUT2D eigenvalue weighted by atomic mass is 15.4. The van der Waals surface area contributed by atoms with Crippen LogP contribution >= 0.6 is 0 Å².